The number of carbonyl (C=O) groups excluding carboxylic acids is 1. The Balaban J connectivity index is 1.38. The highest BCUT2D eigenvalue weighted by atomic mass is 16.2. The Hall–Kier alpha value is -2.11. The van der Waals surface area contributed by atoms with Crippen molar-refractivity contribution in [2.45, 2.75) is 50.6 Å². The van der Waals surface area contributed by atoms with E-state index >= 15 is 0 Å². The topological polar surface area (TPSA) is 63.1 Å². The lowest BCUT2D eigenvalue weighted by atomic mass is 10.1. The number of amides is 2. The van der Waals surface area contributed by atoms with Gasteiger partial charge >= 0.3 is 6.03 Å². The van der Waals surface area contributed by atoms with Crippen LogP contribution in [0.2, 0.25) is 0 Å². The number of likely N-dealkylation sites (tertiary alicyclic amines) is 1. The molecule has 0 unspecified atom stereocenters. The Morgan fingerprint density at radius 3 is 2.70 bits per heavy atom. The van der Waals surface area contributed by atoms with Crippen LogP contribution in [0.1, 0.15) is 44.6 Å². The number of rotatable bonds is 2. The van der Waals surface area contributed by atoms with Crippen molar-refractivity contribution in [1.29, 1.82) is 0 Å². The predicted octanol–water partition coefficient (Wildman–Crippen LogP) is 2.72. The lowest BCUT2D eigenvalue weighted by Gasteiger charge is -2.33. The van der Waals surface area contributed by atoms with Gasteiger partial charge in [-0.05, 0) is 37.8 Å². The molecule has 1 aliphatic carbocycles. The fourth-order valence-electron chi connectivity index (χ4n) is 3.82. The molecule has 4 rings (SSSR count). The minimum atomic E-state index is 0.115. The van der Waals surface area contributed by atoms with Gasteiger partial charge in [-0.3, -0.25) is 0 Å². The lowest BCUT2D eigenvalue weighted by Crippen LogP contribution is -2.47. The van der Waals surface area contributed by atoms with Crippen LogP contribution in [0.5, 0.6) is 0 Å². The van der Waals surface area contributed by atoms with Crippen LogP contribution in [0.3, 0.4) is 0 Å². The highest BCUT2D eigenvalue weighted by Crippen LogP contribution is 2.26. The molecule has 2 aliphatic rings. The predicted molar refractivity (Wildman–Crippen MR) is 88.2 cm³/mol. The maximum Gasteiger partial charge on any atom is 0.317 e. The van der Waals surface area contributed by atoms with Gasteiger partial charge in [0.25, 0.3) is 0 Å². The van der Waals surface area contributed by atoms with Crippen LogP contribution >= 0.6 is 0 Å². The number of piperidine rings is 1. The van der Waals surface area contributed by atoms with Crippen molar-refractivity contribution in [3.05, 3.63) is 24.7 Å². The highest BCUT2D eigenvalue weighted by molar-refractivity contribution is 5.74. The maximum atomic E-state index is 12.3. The second kappa shape index (κ2) is 6.18. The summed E-state index contributed by atoms with van der Waals surface area (Å²) in [5.74, 6) is 0. The monoisotopic (exact) mass is 313 g/mol. The molecule has 3 heterocycles. The standard InChI is InChI=1S/C17H23N5O/c23-17(20-13-4-1-2-5-13)21-10-7-14(8-11-21)22-12-19-15-6-3-9-18-16(15)22/h3,6,9,12-14H,1-2,4-5,7-8,10-11H2,(H,20,23). The quantitative estimate of drug-likeness (QED) is 0.927. The fourth-order valence-corrected chi connectivity index (χ4v) is 3.82. The molecule has 2 fully saturated rings. The molecular weight excluding hydrogens is 290 g/mol. The molecule has 1 N–H and O–H groups in total. The zero-order chi connectivity index (χ0) is 15.6. The first-order valence-corrected chi connectivity index (χ1v) is 8.64. The van der Waals surface area contributed by atoms with E-state index in [4.69, 9.17) is 0 Å². The number of fused-ring (bicyclic) bond motifs is 1. The highest BCUT2D eigenvalue weighted by Gasteiger charge is 2.26. The molecule has 0 aromatic carbocycles. The zero-order valence-electron chi connectivity index (χ0n) is 13.3. The number of nitrogens with zero attached hydrogens (tertiary/aromatic N) is 4. The van der Waals surface area contributed by atoms with E-state index in [2.05, 4.69) is 19.9 Å². The number of urea groups is 1. The second-order valence-corrected chi connectivity index (χ2v) is 6.65. The molecule has 1 saturated carbocycles. The summed E-state index contributed by atoms with van der Waals surface area (Å²) >= 11 is 0. The Morgan fingerprint density at radius 1 is 1.13 bits per heavy atom. The number of aromatic nitrogens is 3. The summed E-state index contributed by atoms with van der Waals surface area (Å²) in [6.07, 6.45) is 10.4. The molecule has 1 saturated heterocycles. The van der Waals surface area contributed by atoms with Crippen molar-refractivity contribution in [3.8, 4) is 0 Å². The Kier molecular flexibility index (Phi) is 3.89. The van der Waals surface area contributed by atoms with Crippen molar-refractivity contribution in [1.82, 2.24) is 24.8 Å². The van der Waals surface area contributed by atoms with Gasteiger partial charge in [0, 0.05) is 31.4 Å². The molecule has 0 spiro atoms. The average molecular weight is 313 g/mol. The van der Waals surface area contributed by atoms with Crippen molar-refractivity contribution in [2.75, 3.05) is 13.1 Å². The van der Waals surface area contributed by atoms with Crippen molar-refractivity contribution in [2.24, 2.45) is 0 Å². The summed E-state index contributed by atoms with van der Waals surface area (Å²) in [4.78, 5) is 23.2. The van der Waals surface area contributed by atoms with Crippen LogP contribution in [-0.4, -0.2) is 44.6 Å². The average Bonchev–Trinajstić information content (AvgIpc) is 3.24. The summed E-state index contributed by atoms with van der Waals surface area (Å²) in [5, 5.41) is 3.18. The van der Waals surface area contributed by atoms with Gasteiger partial charge < -0.3 is 14.8 Å². The van der Waals surface area contributed by atoms with Gasteiger partial charge in [0.1, 0.15) is 5.52 Å². The van der Waals surface area contributed by atoms with Crippen LogP contribution in [-0.2, 0) is 0 Å². The molecule has 0 atom stereocenters. The number of nitrogens with one attached hydrogen (secondary N) is 1. The Morgan fingerprint density at radius 2 is 1.91 bits per heavy atom. The van der Waals surface area contributed by atoms with Crippen LogP contribution in [0.15, 0.2) is 24.7 Å². The Bertz CT molecular complexity index is 683. The molecule has 1 aliphatic heterocycles. The van der Waals surface area contributed by atoms with Crippen molar-refractivity contribution >= 4 is 17.2 Å². The fraction of sp³-hybridized carbons (Fsp3) is 0.588. The van der Waals surface area contributed by atoms with E-state index in [-0.39, 0.29) is 6.03 Å². The van der Waals surface area contributed by atoms with Crippen LogP contribution in [0.4, 0.5) is 4.79 Å². The first kappa shape index (κ1) is 14.5. The molecule has 6 nitrogen and oxygen atoms in total. The van der Waals surface area contributed by atoms with Gasteiger partial charge in [-0.25, -0.2) is 14.8 Å². The molecule has 122 valence electrons. The van der Waals surface area contributed by atoms with Crippen molar-refractivity contribution < 1.29 is 4.79 Å². The zero-order valence-corrected chi connectivity index (χ0v) is 13.3. The van der Waals surface area contributed by atoms with E-state index < -0.39 is 0 Å². The lowest BCUT2D eigenvalue weighted by molar-refractivity contribution is 0.169. The first-order valence-electron chi connectivity index (χ1n) is 8.64. The number of imidazole rings is 1. The number of pyridine rings is 1. The van der Waals surface area contributed by atoms with Crippen LogP contribution in [0, 0.1) is 0 Å². The largest absolute Gasteiger partial charge is 0.335 e. The molecule has 0 bridgehead atoms. The SMILES string of the molecule is O=C(NC1CCCC1)N1CCC(n2cnc3cccnc32)CC1. The van der Waals surface area contributed by atoms with E-state index in [1.165, 1.54) is 12.8 Å². The van der Waals surface area contributed by atoms with E-state index in [1.54, 1.807) is 0 Å². The third-order valence-corrected chi connectivity index (χ3v) is 5.16. The van der Waals surface area contributed by atoms with E-state index in [0.717, 1.165) is 49.9 Å². The third kappa shape index (κ3) is 2.90. The Labute approximate surface area is 135 Å². The minimum Gasteiger partial charge on any atom is -0.335 e. The van der Waals surface area contributed by atoms with E-state index in [0.29, 0.717) is 12.1 Å². The van der Waals surface area contributed by atoms with Crippen LogP contribution in [0.25, 0.3) is 11.2 Å². The normalized spacial score (nSPS) is 20.3. The van der Waals surface area contributed by atoms with Gasteiger partial charge in [0.2, 0.25) is 0 Å². The summed E-state index contributed by atoms with van der Waals surface area (Å²) < 4.78 is 2.17. The van der Waals surface area contributed by atoms with Gasteiger partial charge in [-0.2, -0.15) is 0 Å². The minimum absolute atomic E-state index is 0.115. The molecule has 23 heavy (non-hydrogen) atoms. The maximum absolute atomic E-state index is 12.3. The molecular formula is C17H23N5O. The molecule has 0 radical (unpaired) electrons. The first-order chi connectivity index (χ1) is 11.3. The smallest absolute Gasteiger partial charge is 0.317 e. The molecule has 2 amide bonds. The van der Waals surface area contributed by atoms with Gasteiger partial charge in [0.15, 0.2) is 5.65 Å². The molecule has 2 aromatic heterocycles. The van der Waals surface area contributed by atoms with Gasteiger partial charge in [0.05, 0.1) is 6.33 Å². The van der Waals surface area contributed by atoms with Gasteiger partial charge in [-0.15, -0.1) is 0 Å². The second-order valence-electron chi connectivity index (χ2n) is 6.65. The summed E-state index contributed by atoms with van der Waals surface area (Å²) in [5.41, 5.74) is 1.88. The number of hydrogen-bond donors (Lipinski definition) is 1. The summed E-state index contributed by atoms with van der Waals surface area (Å²) in [7, 11) is 0. The van der Waals surface area contributed by atoms with Crippen LogP contribution < -0.4 is 5.32 Å². The number of hydrogen-bond acceptors (Lipinski definition) is 3. The summed E-state index contributed by atoms with van der Waals surface area (Å²) in [6.45, 7) is 1.60. The molecule has 6 heteroatoms. The van der Waals surface area contributed by atoms with E-state index in [1.807, 2.05) is 29.6 Å². The van der Waals surface area contributed by atoms with Crippen molar-refractivity contribution in [3.63, 3.8) is 0 Å². The number of carbonyl (C=O) groups is 1. The summed E-state index contributed by atoms with van der Waals surface area (Å²) in [6, 6.07) is 4.79. The molecule has 2 aromatic rings. The van der Waals surface area contributed by atoms with Gasteiger partial charge in [-0.1, -0.05) is 12.8 Å². The third-order valence-electron chi connectivity index (χ3n) is 5.16. The van der Waals surface area contributed by atoms with E-state index in [9.17, 15) is 4.79 Å².